The highest BCUT2D eigenvalue weighted by atomic mass is 16.2. The van der Waals surface area contributed by atoms with Crippen molar-refractivity contribution in [3.8, 4) is 0 Å². The van der Waals surface area contributed by atoms with E-state index in [0.717, 1.165) is 47.1 Å². The number of amides is 1. The number of carbonyl (C=O) groups excluding carboxylic acids is 1. The molecular weight excluding hydrogens is 400 g/mol. The van der Waals surface area contributed by atoms with E-state index in [2.05, 4.69) is 26.3 Å². The Morgan fingerprint density at radius 2 is 2.09 bits per heavy atom. The standard InChI is InChI=1S/C25H26N6O/c1-17-8-9-23(28-14-17)30-25-26-11-10-21(29-25)18-5-4-12-31(16-18)24(32)13-19-15-27-22-7-3-2-6-20(19)22/h2-3,6-11,14-15,18,27H,4-5,12-13,16H2,1H3,(H,26,28,29,30)/t18-/m1/s1. The number of aromatic nitrogens is 4. The first-order valence-electron chi connectivity index (χ1n) is 11.0. The highest BCUT2D eigenvalue weighted by molar-refractivity contribution is 5.89. The number of benzene rings is 1. The van der Waals surface area contributed by atoms with Crippen LogP contribution in [0.5, 0.6) is 0 Å². The number of likely N-dealkylation sites (tertiary alicyclic amines) is 1. The number of para-hydroxylation sites is 1. The summed E-state index contributed by atoms with van der Waals surface area (Å²) in [7, 11) is 0. The second kappa shape index (κ2) is 8.78. The molecule has 0 bridgehead atoms. The number of rotatable bonds is 5. The Labute approximate surface area is 186 Å². The summed E-state index contributed by atoms with van der Waals surface area (Å²) in [5.41, 5.74) is 4.17. The lowest BCUT2D eigenvalue weighted by molar-refractivity contribution is -0.131. The summed E-state index contributed by atoms with van der Waals surface area (Å²) < 4.78 is 0. The predicted octanol–water partition coefficient (Wildman–Crippen LogP) is 4.35. The molecule has 2 N–H and O–H groups in total. The van der Waals surface area contributed by atoms with Gasteiger partial charge in [0.05, 0.1) is 12.1 Å². The lowest BCUT2D eigenvalue weighted by Gasteiger charge is -2.32. The molecule has 32 heavy (non-hydrogen) atoms. The number of aromatic amines is 1. The number of fused-ring (bicyclic) bond motifs is 1. The van der Waals surface area contributed by atoms with Crippen molar-refractivity contribution in [1.82, 2.24) is 24.8 Å². The monoisotopic (exact) mass is 426 g/mol. The molecule has 0 radical (unpaired) electrons. The molecule has 1 aliphatic rings. The number of nitrogens with one attached hydrogen (secondary N) is 2. The molecule has 5 rings (SSSR count). The van der Waals surface area contributed by atoms with Gasteiger partial charge < -0.3 is 15.2 Å². The van der Waals surface area contributed by atoms with Crippen molar-refractivity contribution in [2.45, 2.75) is 32.1 Å². The van der Waals surface area contributed by atoms with Crippen molar-refractivity contribution in [3.63, 3.8) is 0 Å². The van der Waals surface area contributed by atoms with E-state index in [4.69, 9.17) is 4.98 Å². The Morgan fingerprint density at radius 3 is 2.97 bits per heavy atom. The number of hydrogen-bond acceptors (Lipinski definition) is 5. The quantitative estimate of drug-likeness (QED) is 0.495. The Balaban J connectivity index is 1.27. The molecule has 1 saturated heterocycles. The van der Waals surface area contributed by atoms with Crippen molar-refractivity contribution >= 4 is 28.6 Å². The average molecular weight is 427 g/mol. The van der Waals surface area contributed by atoms with Crippen molar-refractivity contribution in [2.24, 2.45) is 0 Å². The topological polar surface area (TPSA) is 86.8 Å². The maximum absolute atomic E-state index is 13.1. The molecule has 7 heteroatoms. The zero-order valence-corrected chi connectivity index (χ0v) is 18.1. The van der Waals surface area contributed by atoms with Gasteiger partial charge in [-0.25, -0.2) is 15.0 Å². The molecule has 1 aliphatic heterocycles. The molecule has 162 valence electrons. The number of aryl methyl sites for hydroxylation is 1. The van der Waals surface area contributed by atoms with Gasteiger partial charge in [0.1, 0.15) is 5.82 Å². The van der Waals surface area contributed by atoms with Crippen molar-refractivity contribution in [2.75, 3.05) is 18.4 Å². The summed E-state index contributed by atoms with van der Waals surface area (Å²) in [6, 6.07) is 14.0. The fraction of sp³-hybridized carbons (Fsp3) is 0.280. The molecule has 4 aromatic rings. The van der Waals surface area contributed by atoms with Crippen LogP contribution in [0.3, 0.4) is 0 Å². The first-order chi connectivity index (χ1) is 15.7. The van der Waals surface area contributed by atoms with E-state index in [-0.39, 0.29) is 11.8 Å². The van der Waals surface area contributed by atoms with Gasteiger partial charge >= 0.3 is 0 Å². The number of anilines is 2. The van der Waals surface area contributed by atoms with Crippen molar-refractivity contribution < 1.29 is 4.79 Å². The lowest BCUT2D eigenvalue weighted by Crippen LogP contribution is -2.40. The first kappa shape index (κ1) is 20.2. The van der Waals surface area contributed by atoms with E-state index in [9.17, 15) is 4.79 Å². The number of piperidine rings is 1. The van der Waals surface area contributed by atoms with E-state index in [1.54, 1.807) is 6.20 Å². The zero-order chi connectivity index (χ0) is 21.9. The molecule has 0 spiro atoms. The van der Waals surface area contributed by atoms with E-state index < -0.39 is 0 Å². The number of hydrogen-bond donors (Lipinski definition) is 2. The predicted molar refractivity (Wildman–Crippen MR) is 125 cm³/mol. The van der Waals surface area contributed by atoms with Crippen LogP contribution < -0.4 is 5.32 Å². The Bertz CT molecular complexity index is 1230. The normalized spacial score (nSPS) is 16.3. The highest BCUT2D eigenvalue weighted by Crippen LogP contribution is 2.27. The van der Waals surface area contributed by atoms with Gasteiger partial charge in [-0.3, -0.25) is 4.79 Å². The lowest BCUT2D eigenvalue weighted by atomic mass is 9.94. The van der Waals surface area contributed by atoms with Crippen molar-refractivity contribution in [3.05, 3.63) is 77.9 Å². The second-order valence-corrected chi connectivity index (χ2v) is 8.37. The van der Waals surface area contributed by atoms with E-state index in [0.29, 0.717) is 24.7 Å². The minimum atomic E-state index is 0.163. The molecule has 1 atom stereocenters. The van der Waals surface area contributed by atoms with Crippen LogP contribution in [0.15, 0.2) is 61.1 Å². The summed E-state index contributed by atoms with van der Waals surface area (Å²) in [5, 5.41) is 4.29. The minimum absolute atomic E-state index is 0.163. The first-order valence-corrected chi connectivity index (χ1v) is 11.0. The van der Waals surface area contributed by atoms with Gasteiger partial charge in [0.25, 0.3) is 0 Å². The van der Waals surface area contributed by atoms with Gasteiger partial charge in [-0.2, -0.15) is 0 Å². The summed E-state index contributed by atoms with van der Waals surface area (Å²) in [5.74, 6) is 1.61. The van der Waals surface area contributed by atoms with Crippen molar-refractivity contribution in [1.29, 1.82) is 0 Å². The molecule has 4 heterocycles. The van der Waals surface area contributed by atoms with Gasteiger partial charge in [-0.1, -0.05) is 24.3 Å². The summed E-state index contributed by atoms with van der Waals surface area (Å²) >= 11 is 0. The smallest absolute Gasteiger partial charge is 0.228 e. The van der Waals surface area contributed by atoms with Crippen LogP contribution in [0.25, 0.3) is 10.9 Å². The summed E-state index contributed by atoms with van der Waals surface area (Å²) in [6.45, 7) is 3.48. The third-order valence-electron chi connectivity index (χ3n) is 6.04. The van der Waals surface area contributed by atoms with Crippen LogP contribution in [-0.2, 0) is 11.2 Å². The molecule has 1 amide bonds. The molecule has 1 fully saturated rings. The zero-order valence-electron chi connectivity index (χ0n) is 18.1. The fourth-order valence-electron chi connectivity index (χ4n) is 4.31. The summed E-state index contributed by atoms with van der Waals surface area (Å²) in [6.07, 6.45) is 7.92. The summed E-state index contributed by atoms with van der Waals surface area (Å²) in [4.78, 5) is 31.7. The van der Waals surface area contributed by atoms with E-state index in [1.807, 2.05) is 60.6 Å². The third-order valence-corrected chi connectivity index (χ3v) is 6.04. The molecule has 1 aromatic carbocycles. The Hall–Kier alpha value is -3.74. The maximum atomic E-state index is 13.1. The van der Waals surface area contributed by atoms with Gasteiger partial charge in [0, 0.05) is 48.5 Å². The Morgan fingerprint density at radius 1 is 1.19 bits per heavy atom. The fourth-order valence-corrected chi connectivity index (χ4v) is 4.31. The van der Waals surface area contributed by atoms with Crippen LogP contribution in [0.1, 0.15) is 35.6 Å². The van der Waals surface area contributed by atoms with Gasteiger partial charge in [-0.05, 0) is 49.1 Å². The molecule has 0 aliphatic carbocycles. The maximum Gasteiger partial charge on any atom is 0.228 e. The van der Waals surface area contributed by atoms with Crippen LogP contribution in [0.4, 0.5) is 11.8 Å². The van der Waals surface area contributed by atoms with E-state index >= 15 is 0 Å². The minimum Gasteiger partial charge on any atom is -0.361 e. The second-order valence-electron chi connectivity index (χ2n) is 8.37. The average Bonchev–Trinajstić information content (AvgIpc) is 3.24. The van der Waals surface area contributed by atoms with E-state index in [1.165, 1.54) is 0 Å². The molecule has 0 unspecified atom stereocenters. The highest BCUT2D eigenvalue weighted by Gasteiger charge is 2.26. The van der Waals surface area contributed by atoms with Gasteiger partial charge in [-0.15, -0.1) is 0 Å². The van der Waals surface area contributed by atoms with Crippen LogP contribution >= 0.6 is 0 Å². The third kappa shape index (κ3) is 4.32. The van der Waals surface area contributed by atoms with Crippen LogP contribution in [0.2, 0.25) is 0 Å². The largest absolute Gasteiger partial charge is 0.361 e. The molecule has 7 nitrogen and oxygen atoms in total. The number of nitrogens with zero attached hydrogens (tertiary/aromatic N) is 4. The molecule has 3 aromatic heterocycles. The molecule has 0 saturated carbocycles. The number of H-pyrrole nitrogens is 1. The number of carbonyl (C=O) groups is 1. The van der Waals surface area contributed by atoms with Crippen LogP contribution in [0, 0.1) is 6.92 Å². The Kier molecular flexibility index (Phi) is 5.54. The molecular formula is C25H26N6O. The number of pyridine rings is 1. The van der Waals surface area contributed by atoms with Crippen LogP contribution in [-0.4, -0.2) is 43.8 Å². The van der Waals surface area contributed by atoms with Gasteiger partial charge in [0.15, 0.2) is 0 Å². The van der Waals surface area contributed by atoms with Gasteiger partial charge in [0.2, 0.25) is 11.9 Å². The SMILES string of the molecule is Cc1ccc(Nc2nccc([C@@H]3CCCN(C(=O)Cc4c[nH]c5ccccc45)C3)n2)nc1.